The van der Waals surface area contributed by atoms with Gasteiger partial charge in [0.2, 0.25) is 5.91 Å². The first-order valence-electron chi connectivity index (χ1n) is 7.73. The molecule has 1 amide bonds. The van der Waals surface area contributed by atoms with E-state index in [9.17, 15) is 27.9 Å². The Morgan fingerprint density at radius 3 is 2.46 bits per heavy atom. The molecule has 2 rings (SSSR count). The zero-order valence-corrected chi connectivity index (χ0v) is 14.3. The van der Waals surface area contributed by atoms with Crippen molar-refractivity contribution >= 4 is 29.3 Å². The average molecular weight is 396 g/mol. The lowest BCUT2D eigenvalue weighted by atomic mass is 9.91. The van der Waals surface area contributed by atoms with Crippen molar-refractivity contribution in [1.82, 2.24) is 9.88 Å². The first kappa shape index (κ1) is 20.2. The fraction of sp³-hybridized carbons (Fsp3) is 0.533. The summed E-state index contributed by atoms with van der Waals surface area (Å²) in [5.41, 5.74) is -2.78. The van der Waals surface area contributed by atoms with Gasteiger partial charge in [-0.25, -0.2) is 9.78 Å². The predicted octanol–water partition coefficient (Wildman–Crippen LogP) is 1.99. The molecule has 0 unspecified atom stereocenters. The lowest BCUT2D eigenvalue weighted by Gasteiger charge is -2.35. The third-order valence-electron chi connectivity index (χ3n) is 4.14. The number of hydrogen-bond acceptors (Lipinski definition) is 5. The summed E-state index contributed by atoms with van der Waals surface area (Å²) in [6.45, 7) is 0.318. The fourth-order valence-corrected chi connectivity index (χ4v) is 2.74. The third kappa shape index (κ3) is 4.76. The van der Waals surface area contributed by atoms with E-state index in [1.54, 1.807) is 0 Å². The number of carboxylic acids is 1. The normalized spacial score (nSPS) is 17.0. The number of halogens is 4. The SMILES string of the molecule is O=C(CCNc1ncc(C(F)(F)F)cc1Cl)N1CCC(O)(C(=O)O)CC1. The molecule has 0 aromatic carbocycles. The summed E-state index contributed by atoms with van der Waals surface area (Å²) in [5.74, 6) is -1.55. The molecule has 1 aliphatic heterocycles. The fourth-order valence-electron chi connectivity index (χ4n) is 2.51. The Bertz CT molecular complexity index is 691. The molecule has 1 saturated heterocycles. The summed E-state index contributed by atoms with van der Waals surface area (Å²) in [4.78, 5) is 28.1. The minimum atomic E-state index is -4.54. The molecule has 26 heavy (non-hydrogen) atoms. The topological polar surface area (TPSA) is 103 Å². The first-order chi connectivity index (χ1) is 12.0. The van der Waals surface area contributed by atoms with Gasteiger partial charge >= 0.3 is 12.1 Å². The lowest BCUT2D eigenvalue weighted by Crippen LogP contribution is -2.51. The molecule has 7 nitrogen and oxygen atoms in total. The molecule has 144 valence electrons. The number of pyridine rings is 1. The van der Waals surface area contributed by atoms with Crippen LogP contribution in [0.2, 0.25) is 5.02 Å². The van der Waals surface area contributed by atoms with Crippen LogP contribution in [-0.4, -0.2) is 57.2 Å². The standard InChI is InChI=1S/C15H17ClF3N3O4/c16-10-7-9(15(17,18)19)8-21-12(10)20-4-1-11(23)22-5-2-14(26,3-6-22)13(24)25/h7-8,26H,1-6H2,(H,20,21)(H,24,25). The van der Waals surface area contributed by atoms with Crippen LogP contribution < -0.4 is 5.32 Å². The van der Waals surface area contributed by atoms with Crippen LogP contribution >= 0.6 is 11.6 Å². The number of hydrogen-bond donors (Lipinski definition) is 3. The molecular weight excluding hydrogens is 379 g/mol. The lowest BCUT2D eigenvalue weighted by molar-refractivity contribution is -0.165. The Hall–Kier alpha value is -2.07. The number of nitrogens with one attached hydrogen (secondary N) is 1. The van der Waals surface area contributed by atoms with Crippen molar-refractivity contribution in [3.63, 3.8) is 0 Å². The van der Waals surface area contributed by atoms with Crippen LogP contribution in [0.15, 0.2) is 12.3 Å². The van der Waals surface area contributed by atoms with Gasteiger partial charge in [-0.15, -0.1) is 0 Å². The number of anilines is 1. The van der Waals surface area contributed by atoms with Crippen LogP contribution in [0.4, 0.5) is 19.0 Å². The summed E-state index contributed by atoms with van der Waals surface area (Å²) in [6.07, 6.45) is -4.00. The summed E-state index contributed by atoms with van der Waals surface area (Å²) < 4.78 is 37.6. The van der Waals surface area contributed by atoms with E-state index >= 15 is 0 Å². The molecule has 1 aromatic rings. The molecule has 1 aromatic heterocycles. The number of likely N-dealkylation sites (tertiary alicyclic amines) is 1. The van der Waals surface area contributed by atoms with Crippen molar-refractivity contribution in [3.8, 4) is 0 Å². The summed E-state index contributed by atoms with van der Waals surface area (Å²) in [7, 11) is 0. The second-order valence-electron chi connectivity index (χ2n) is 5.95. The highest BCUT2D eigenvalue weighted by atomic mass is 35.5. The van der Waals surface area contributed by atoms with Crippen molar-refractivity contribution in [3.05, 3.63) is 22.8 Å². The van der Waals surface area contributed by atoms with Crippen molar-refractivity contribution in [2.75, 3.05) is 25.0 Å². The van der Waals surface area contributed by atoms with Gasteiger partial charge in [0.15, 0.2) is 5.60 Å². The number of aliphatic carboxylic acids is 1. The highest BCUT2D eigenvalue weighted by Crippen LogP contribution is 2.32. The van der Waals surface area contributed by atoms with Crippen LogP contribution in [0.1, 0.15) is 24.8 Å². The molecule has 0 bridgehead atoms. The van der Waals surface area contributed by atoms with E-state index in [0.29, 0.717) is 6.20 Å². The first-order valence-corrected chi connectivity index (χ1v) is 8.11. The Kier molecular flexibility index (Phi) is 5.97. The quantitative estimate of drug-likeness (QED) is 0.704. The van der Waals surface area contributed by atoms with Crippen molar-refractivity contribution in [2.24, 2.45) is 0 Å². The maximum atomic E-state index is 12.5. The van der Waals surface area contributed by atoms with Gasteiger partial charge < -0.3 is 20.4 Å². The van der Waals surface area contributed by atoms with E-state index in [1.807, 2.05) is 0 Å². The Morgan fingerprint density at radius 2 is 1.96 bits per heavy atom. The van der Waals surface area contributed by atoms with Gasteiger partial charge in [0.05, 0.1) is 10.6 Å². The summed E-state index contributed by atoms with van der Waals surface area (Å²) in [6, 6.07) is 0.746. The molecule has 1 aliphatic rings. The minimum absolute atomic E-state index is 0.0184. The maximum absolute atomic E-state index is 12.5. The number of piperidine rings is 1. The van der Waals surface area contributed by atoms with E-state index in [1.165, 1.54) is 4.90 Å². The number of carboxylic acid groups (broad SMARTS) is 1. The second-order valence-corrected chi connectivity index (χ2v) is 6.35. The summed E-state index contributed by atoms with van der Waals surface area (Å²) >= 11 is 5.76. The number of aromatic nitrogens is 1. The van der Waals surface area contributed by atoms with Gasteiger partial charge in [-0.2, -0.15) is 13.2 Å². The van der Waals surface area contributed by atoms with Crippen LogP contribution in [-0.2, 0) is 15.8 Å². The number of rotatable bonds is 5. The highest BCUT2D eigenvalue weighted by Gasteiger charge is 2.40. The molecule has 0 atom stereocenters. The van der Waals surface area contributed by atoms with Crippen molar-refractivity contribution in [1.29, 1.82) is 0 Å². The third-order valence-corrected chi connectivity index (χ3v) is 4.43. The average Bonchev–Trinajstić information content (AvgIpc) is 2.55. The van der Waals surface area contributed by atoms with Gasteiger partial charge in [-0.1, -0.05) is 11.6 Å². The number of carbonyl (C=O) groups excluding carboxylic acids is 1. The molecule has 0 spiro atoms. The zero-order valence-electron chi connectivity index (χ0n) is 13.5. The number of nitrogens with zero attached hydrogens (tertiary/aromatic N) is 2. The highest BCUT2D eigenvalue weighted by molar-refractivity contribution is 6.32. The number of carbonyl (C=O) groups is 2. The zero-order chi connectivity index (χ0) is 19.5. The molecule has 1 fully saturated rings. The van der Waals surface area contributed by atoms with Gasteiger partial charge in [0.1, 0.15) is 5.82 Å². The molecule has 11 heteroatoms. The van der Waals surface area contributed by atoms with Crippen LogP contribution in [0.3, 0.4) is 0 Å². The number of amides is 1. The molecule has 0 saturated carbocycles. The Balaban J connectivity index is 1.83. The van der Waals surface area contributed by atoms with Crippen LogP contribution in [0, 0.1) is 0 Å². The molecule has 0 radical (unpaired) electrons. The molecule has 2 heterocycles. The second kappa shape index (κ2) is 7.67. The van der Waals surface area contributed by atoms with E-state index in [0.717, 1.165) is 6.07 Å². The largest absolute Gasteiger partial charge is 0.479 e. The van der Waals surface area contributed by atoms with E-state index < -0.39 is 23.3 Å². The van der Waals surface area contributed by atoms with Crippen molar-refractivity contribution < 1.29 is 33.0 Å². The number of aliphatic hydroxyl groups is 1. The van der Waals surface area contributed by atoms with Gasteiger partial charge in [-0.3, -0.25) is 4.79 Å². The van der Waals surface area contributed by atoms with Crippen molar-refractivity contribution in [2.45, 2.75) is 31.0 Å². The minimum Gasteiger partial charge on any atom is -0.479 e. The van der Waals surface area contributed by atoms with Gasteiger partial charge in [-0.05, 0) is 6.07 Å². The molecular formula is C15H17ClF3N3O4. The van der Waals surface area contributed by atoms with Crippen LogP contribution in [0.5, 0.6) is 0 Å². The molecule has 3 N–H and O–H groups in total. The Morgan fingerprint density at radius 1 is 1.35 bits per heavy atom. The van der Waals surface area contributed by atoms with Gasteiger partial charge in [0.25, 0.3) is 0 Å². The maximum Gasteiger partial charge on any atom is 0.417 e. The summed E-state index contributed by atoms with van der Waals surface area (Å²) in [5, 5.41) is 21.2. The van der Waals surface area contributed by atoms with Gasteiger partial charge in [0, 0.05) is 45.1 Å². The molecule has 0 aliphatic carbocycles. The number of alkyl halides is 3. The van der Waals surface area contributed by atoms with E-state index in [4.69, 9.17) is 16.7 Å². The van der Waals surface area contributed by atoms with E-state index in [2.05, 4.69) is 10.3 Å². The predicted molar refractivity (Wildman–Crippen MR) is 85.8 cm³/mol. The monoisotopic (exact) mass is 395 g/mol. The van der Waals surface area contributed by atoms with Crippen LogP contribution in [0.25, 0.3) is 0 Å². The smallest absolute Gasteiger partial charge is 0.417 e. The Labute approximate surface area is 151 Å². The van der Waals surface area contributed by atoms with E-state index in [-0.39, 0.29) is 55.6 Å².